The number of rotatable bonds is 5. The second-order valence-corrected chi connectivity index (χ2v) is 4.31. The minimum Gasteiger partial charge on any atom is -0.360 e. The summed E-state index contributed by atoms with van der Waals surface area (Å²) in [6.07, 6.45) is 4.03. The molecule has 2 rings (SSSR count). The highest BCUT2D eigenvalue weighted by Gasteiger charge is 2.22. The van der Waals surface area contributed by atoms with Crippen LogP contribution >= 0.6 is 0 Å². The molecule has 0 unspecified atom stereocenters. The number of aromatic nitrogens is 1. The number of nitrogens with zero attached hydrogens (tertiary/aromatic N) is 2. The molecule has 0 saturated heterocycles. The lowest BCUT2D eigenvalue weighted by molar-refractivity contribution is 0.139. The summed E-state index contributed by atoms with van der Waals surface area (Å²) in [5.74, 6) is 0.967. The Kier molecular flexibility index (Phi) is 3.38. The molecule has 0 bridgehead atoms. The Bertz CT molecular complexity index is 307. The lowest BCUT2D eigenvalue weighted by atomic mass is 9.92. The molecule has 1 heterocycles. The van der Waals surface area contributed by atoms with Crippen LogP contribution < -0.4 is 5.32 Å². The first-order chi connectivity index (χ1) is 7.29. The summed E-state index contributed by atoms with van der Waals surface area (Å²) < 4.78 is 5.27. The Morgan fingerprint density at radius 1 is 1.60 bits per heavy atom. The average Bonchev–Trinajstić information content (AvgIpc) is 2.49. The smallest absolute Gasteiger partial charge is 0.151 e. The number of hydrogen-bond donors (Lipinski definition) is 1. The zero-order valence-electron chi connectivity index (χ0n) is 9.49. The monoisotopic (exact) mass is 209 g/mol. The fourth-order valence-corrected chi connectivity index (χ4v) is 1.90. The SMILES string of the molecule is CNCc1cc(CN(C)C2CCC2)on1. The van der Waals surface area contributed by atoms with Gasteiger partial charge in [0.1, 0.15) is 0 Å². The third kappa shape index (κ3) is 2.58. The van der Waals surface area contributed by atoms with E-state index in [9.17, 15) is 0 Å². The average molecular weight is 209 g/mol. The lowest BCUT2D eigenvalue weighted by Gasteiger charge is -2.33. The second kappa shape index (κ2) is 4.77. The van der Waals surface area contributed by atoms with Crippen LogP contribution in [0.3, 0.4) is 0 Å². The number of hydrogen-bond acceptors (Lipinski definition) is 4. The summed E-state index contributed by atoms with van der Waals surface area (Å²) in [4.78, 5) is 2.35. The van der Waals surface area contributed by atoms with Crippen molar-refractivity contribution in [1.29, 1.82) is 0 Å². The van der Waals surface area contributed by atoms with Gasteiger partial charge in [0.2, 0.25) is 0 Å². The molecule has 4 heteroatoms. The van der Waals surface area contributed by atoms with Crippen LogP contribution in [0.25, 0.3) is 0 Å². The molecule has 1 aliphatic carbocycles. The second-order valence-electron chi connectivity index (χ2n) is 4.31. The maximum atomic E-state index is 5.27. The molecule has 0 spiro atoms. The van der Waals surface area contributed by atoms with Crippen molar-refractivity contribution in [2.24, 2.45) is 0 Å². The molecule has 1 N–H and O–H groups in total. The quantitative estimate of drug-likeness (QED) is 0.795. The normalized spacial score (nSPS) is 17.0. The van der Waals surface area contributed by atoms with Crippen LogP contribution in [0.15, 0.2) is 10.6 Å². The molecule has 1 saturated carbocycles. The van der Waals surface area contributed by atoms with Crippen molar-refractivity contribution < 1.29 is 4.52 Å². The van der Waals surface area contributed by atoms with E-state index < -0.39 is 0 Å². The Hall–Kier alpha value is -0.870. The number of nitrogens with one attached hydrogen (secondary N) is 1. The molecular formula is C11H19N3O. The molecule has 0 amide bonds. The molecule has 1 aromatic rings. The van der Waals surface area contributed by atoms with Crippen LogP contribution in [0, 0.1) is 0 Å². The zero-order chi connectivity index (χ0) is 10.7. The standard InChI is InChI=1S/C11H19N3O/c1-12-7-9-6-11(15-13-9)8-14(2)10-4-3-5-10/h6,10,12H,3-5,7-8H2,1-2H3. The van der Waals surface area contributed by atoms with Crippen molar-refractivity contribution in [3.05, 3.63) is 17.5 Å². The van der Waals surface area contributed by atoms with E-state index in [2.05, 4.69) is 22.4 Å². The van der Waals surface area contributed by atoms with E-state index in [1.807, 2.05) is 13.1 Å². The maximum Gasteiger partial charge on any atom is 0.151 e. The Labute approximate surface area is 90.6 Å². The van der Waals surface area contributed by atoms with E-state index in [-0.39, 0.29) is 0 Å². The third-order valence-corrected chi connectivity index (χ3v) is 3.07. The van der Waals surface area contributed by atoms with E-state index in [1.54, 1.807) is 0 Å². The van der Waals surface area contributed by atoms with Crippen LogP contribution in [0.1, 0.15) is 30.7 Å². The first-order valence-electron chi connectivity index (χ1n) is 5.59. The molecule has 4 nitrogen and oxygen atoms in total. The van der Waals surface area contributed by atoms with Crippen molar-refractivity contribution >= 4 is 0 Å². The predicted molar refractivity (Wildman–Crippen MR) is 58.4 cm³/mol. The highest BCUT2D eigenvalue weighted by Crippen LogP contribution is 2.24. The largest absolute Gasteiger partial charge is 0.360 e. The minimum absolute atomic E-state index is 0.753. The molecule has 0 aliphatic heterocycles. The molecular weight excluding hydrogens is 190 g/mol. The van der Waals surface area contributed by atoms with E-state index in [1.165, 1.54) is 19.3 Å². The van der Waals surface area contributed by atoms with Crippen molar-refractivity contribution in [3.63, 3.8) is 0 Å². The van der Waals surface area contributed by atoms with Crippen LogP contribution in [0.2, 0.25) is 0 Å². The van der Waals surface area contributed by atoms with Gasteiger partial charge < -0.3 is 9.84 Å². The molecule has 0 atom stereocenters. The van der Waals surface area contributed by atoms with Gasteiger partial charge in [-0.15, -0.1) is 0 Å². The Morgan fingerprint density at radius 3 is 3.00 bits per heavy atom. The first-order valence-corrected chi connectivity index (χ1v) is 5.59. The first kappa shape index (κ1) is 10.6. The summed E-state index contributed by atoms with van der Waals surface area (Å²) in [5, 5.41) is 7.06. The van der Waals surface area contributed by atoms with Crippen molar-refractivity contribution in [2.45, 2.75) is 38.4 Å². The molecule has 15 heavy (non-hydrogen) atoms. The summed E-state index contributed by atoms with van der Waals surface area (Å²) >= 11 is 0. The third-order valence-electron chi connectivity index (χ3n) is 3.07. The van der Waals surface area contributed by atoms with Crippen LogP contribution in [-0.2, 0) is 13.1 Å². The fourth-order valence-electron chi connectivity index (χ4n) is 1.90. The van der Waals surface area contributed by atoms with Crippen LogP contribution in [0.4, 0.5) is 0 Å². The minimum atomic E-state index is 0.753. The van der Waals surface area contributed by atoms with Crippen molar-refractivity contribution in [1.82, 2.24) is 15.4 Å². The lowest BCUT2D eigenvalue weighted by Crippen LogP contribution is -2.36. The van der Waals surface area contributed by atoms with Gasteiger partial charge in [-0.2, -0.15) is 0 Å². The molecule has 0 aromatic carbocycles. The summed E-state index contributed by atoms with van der Waals surface area (Å²) in [6.45, 7) is 1.65. The van der Waals surface area contributed by atoms with Gasteiger partial charge in [0.05, 0.1) is 12.2 Å². The van der Waals surface area contributed by atoms with Gasteiger partial charge in [-0.1, -0.05) is 11.6 Å². The molecule has 84 valence electrons. The highest BCUT2D eigenvalue weighted by molar-refractivity contribution is 5.05. The van der Waals surface area contributed by atoms with Crippen molar-refractivity contribution in [2.75, 3.05) is 14.1 Å². The molecule has 0 radical (unpaired) electrons. The van der Waals surface area contributed by atoms with Gasteiger partial charge >= 0.3 is 0 Å². The van der Waals surface area contributed by atoms with E-state index in [4.69, 9.17) is 4.52 Å². The molecule has 1 fully saturated rings. The predicted octanol–water partition coefficient (Wildman–Crippen LogP) is 1.38. The van der Waals surface area contributed by atoms with Gasteiger partial charge in [-0.3, -0.25) is 4.90 Å². The Balaban J connectivity index is 1.86. The van der Waals surface area contributed by atoms with Gasteiger partial charge in [0, 0.05) is 18.7 Å². The fraction of sp³-hybridized carbons (Fsp3) is 0.727. The highest BCUT2D eigenvalue weighted by atomic mass is 16.5. The summed E-state index contributed by atoms with van der Waals surface area (Å²) in [6, 6.07) is 2.79. The summed E-state index contributed by atoms with van der Waals surface area (Å²) in [5.41, 5.74) is 0.981. The van der Waals surface area contributed by atoms with E-state index in [0.717, 1.165) is 30.6 Å². The summed E-state index contributed by atoms with van der Waals surface area (Å²) in [7, 11) is 4.07. The van der Waals surface area contributed by atoms with Crippen LogP contribution in [-0.4, -0.2) is 30.2 Å². The van der Waals surface area contributed by atoms with Gasteiger partial charge in [0.25, 0.3) is 0 Å². The van der Waals surface area contributed by atoms with Crippen molar-refractivity contribution in [3.8, 4) is 0 Å². The Morgan fingerprint density at radius 2 is 2.40 bits per heavy atom. The maximum absolute atomic E-state index is 5.27. The van der Waals surface area contributed by atoms with Gasteiger partial charge in [-0.25, -0.2) is 0 Å². The topological polar surface area (TPSA) is 41.3 Å². The molecule has 1 aliphatic rings. The van der Waals surface area contributed by atoms with Crippen LogP contribution in [0.5, 0.6) is 0 Å². The van der Waals surface area contributed by atoms with E-state index >= 15 is 0 Å². The van der Waals surface area contributed by atoms with E-state index in [0.29, 0.717) is 0 Å². The van der Waals surface area contributed by atoms with Gasteiger partial charge in [-0.05, 0) is 26.9 Å². The molecule has 1 aromatic heterocycles. The zero-order valence-corrected chi connectivity index (χ0v) is 9.49. The van der Waals surface area contributed by atoms with Gasteiger partial charge in [0.15, 0.2) is 5.76 Å².